The van der Waals surface area contributed by atoms with Crippen molar-refractivity contribution >= 4 is 0 Å². The van der Waals surface area contributed by atoms with Gasteiger partial charge in [-0.1, -0.05) is 13.8 Å². The van der Waals surface area contributed by atoms with Crippen molar-refractivity contribution in [2.45, 2.75) is 51.7 Å². The van der Waals surface area contributed by atoms with Crippen LogP contribution in [0, 0.1) is 5.41 Å². The minimum atomic E-state index is 0.0972. The second kappa shape index (κ2) is 5.83. The number of hydrogen-bond acceptors (Lipinski definition) is 3. The van der Waals surface area contributed by atoms with Crippen LogP contribution in [0.15, 0.2) is 0 Å². The summed E-state index contributed by atoms with van der Waals surface area (Å²) in [5, 5.41) is 0. The topological polar surface area (TPSA) is 44.5 Å². The molecule has 0 aliphatic heterocycles. The molecule has 1 aliphatic carbocycles. The summed E-state index contributed by atoms with van der Waals surface area (Å²) in [7, 11) is 1.79. The molecule has 3 heteroatoms. The molecule has 3 nitrogen and oxygen atoms in total. The zero-order valence-corrected chi connectivity index (χ0v) is 10.3. The van der Waals surface area contributed by atoms with Crippen molar-refractivity contribution in [3.8, 4) is 0 Å². The third kappa shape index (κ3) is 4.49. The van der Waals surface area contributed by atoms with Gasteiger partial charge in [-0.05, 0) is 32.2 Å². The zero-order chi connectivity index (χ0) is 11.3. The minimum absolute atomic E-state index is 0.0972. The summed E-state index contributed by atoms with van der Waals surface area (Å²) in [6.45, 7) is 5.71. The highest BCUT2D eigenvalue weighted by molar-refractivity contribution is 4.75. The van der Waals surface area contributed by atoms with Crippen molar-refractivity contribution in [2.75, 3.05) is 20.3 Å². The molecule has 0 aromatic carbocycles. The third-order valence-electron chi connectivity index (χ3n) is 3.17. The van der Waals surface area contributed by atoms with Gasteiger partial charge in [0.15, 0.2) is 0 Å². The standard InChI is InChI=1S/C12H25NO2/c1-12(2,8-13)9-15-11-6-4-5-10(7-11)14-3/h10-11H,4-9,13H2,1-3H3. The number of methoxy groups -OCH3 is 1. The lowest BCUT2D eigenvalue weighted by atomic mass is 9.93. The maximum Gasteiger partial charge on any atom is 0.0600 e. The largest absolute Gasteiger partial charge is 0.381 e. The summed E-state index contributed by atoms with van der Waals surface area (Å²) < 4.78 is 11.3. The maximum atomic E-state index is 5.91. The Morgan fingerprint density at radius 2 is 1.93 bits per heavy atom. The molecule has 0 bridgehead atoms. The highest BCUT2D eigenvalue weighted by Crippen LogP contribution is 2.25. The van der Waals surface area contributed by atoms with Crippen molar-refractivity contribution in [1.82, 2.24) is 0 Å². The van der Waals surface area contributed by atoms with Gasteiger partial charge in [0.1, 0.15) is 0 Å². The van der Waals surface area contributed by atoms with E-state index >= 15 is 0 Å². The Morgan fingerprint density at radius 1 is 1.27 bits per heavy atom. The van der Waals surface area contributed by atoms with Crippen LogP contribution < -0.4 is 5.73 Å². The Labute approximate surface area is 93.3 Å². The monoisotopic (exact) mass is 215 g/mol. The van der Waals surface area contributed by atoms with Crippen LogP contribution in [-0.2, 0) is 9.47 Å². The van der Waals surface area contributed by atoms with E-state index in [-0.39, 0.29) is 5.41 Å². The highest BCUT2D eigenvalue weighted by atomic mass is 16.5. The Hall–Kier alpha value is -0.120. The Morgan fingerprint density at radius 3 is 2.53 bits per heavy atom. The van der Waals surface area contributed by atoms with Gasteiger partial charge in [-0.3, -0.25) is 0 Å². The van der Waals surface area contributed by atoms with E-state index in [2.05, 4.69) is 13.8 Å². The first-order chi connectivity index (χ1) is 7.07. The quantitative estimate of drug-likeness (QED) is 0.762. The average Bonchev–Trinajstić information content (AvgIpc) is 2.27. The second-order valence-corrected chi connectivity index (χ2v) is 5.33. The Bertz CT molecular complexity index is 182. The fraction of sp³-hybridized carbons (Fsp3) is 1.00. The Balaban J connectivity index is 2.26. The maximum absolute atomic E-state index is 5.91. The van der Waals surface area contributed by atoms with E-state index in [4.69, 9.17) is 15.2 Å². The van der Waals surface area contributed by atoms with Crippen LogP contribution in [0.2, 0.25) is 0 Å². The molecule has 0 saturated heterocycles. The molecular formula is C12H25NO2. The van der Waals surface area contributed by atoms with Crippen molar-refractivity contribution in [1.29, 1.82) is 0 Å². The molecule has 0 aromatic rings. The molecule has 2 atom stereocenters. The van der Waals surface area contributed by atoms with E-state index in [1.165, 1.54) is 19.3 Å². The van der Waals surface area contributed by atoms with Gasteiger partial charge in [0, 0.05) is 12.5 Å². The van der Waals surface area contributed by atoms with Crippen molar-refractivity contribution in [3.05, 3.63) is 0 Å². The predicted octanol–water partition coefficient (Wildman–Crippen LogP) is 1.95. The molecule has 0 radical (unpaired) electrons. The molecule has 2 N–H and O–H groups in total. The first kappa shape index (κ1) is 12.9. The summed E-state index contributed by atoms with van der Waals surface area (Å²) in [6, 6.07) is 0. The van der Waals surface area contributed by atoms with Crippen LogP contribution in [0.5, 0.6) is 0 Å². The van der Waals surface area contributed by atoms with Gasteiger partial charge >= 0.3 is 0 Å². The molecule has 0 amide bonds. The molecule has 0 heterocycles. The number of rotatable bonds is 5. The fourth-order valence-electron chi connectivity index (χ4n) is 1.87. The van der Waals surface area contributed by atoms with E-state index < -0.39 is 0 Å². The minimum Gasteiger partial charge on any atom is -0.381 e. The molecule has 0 aromatic heterocycles. The lowest BCUT2D eigenvalue weighted by Gasteiger charge is -2.31. The van der Waals surface area contributed by atoms with Crippen LogP contribution in [0.3, 0.4) is 0 Å². The number of hydrogen-bond donors (Lipinski definition) is 1. The lowest BCUT2D eigenvalue weighted by molar-refractivity contribution is -0.0512. The molecular weight excluding hydrogens is 190 g/mol. The molecule has 1 saturated carbocycles. The summed E-state index contributed by atoms with van der Waals surface area (Å²) >= 11 is 0. The summed E-state index contributed by atoms with van der Waals surface area (Å²) in [4.78, 5) is 0. The van der Waals surface area contributed by atoms with E-state index in [1.54, 1.807) is 7.11 Å². The molecule has 2 unspecified atom stereocenters. The van der Waals surface area contributed by atoms with Crippen LogP contribution >= 0.6 is 0 Å². The van der Waals surface area contributed by atoms with Gasteiger partial charge in [0.2, 0.25) is 0 Å². The fourth-order valence-corrected chi connectivity index (χ4v) is 1.87. The van der Waals surface area contributed by atoms with Gasteiger partial charge in [0.05, 0.1) is 18.8 Å². The van der Waals surface area contributed by atoms with Crippen molar-refractivity contribution in [2.24, 2.45) is 11.1 Å². The normalized spacial score (nSPS) is 28.0. The van der Waals surface area contributed by atoms with Crippen LogP contribution in [0.25, 0.3) is 0 Å². The first-order valence-corrected chi connectivity index (χ1v) is 5.92. The van der Waals surface area contributed by atoms with Crippen molar-refractivity contribution < 1.29 is 9.47 Å². The summed E-state index contributed by atoms with van der Waals surface area (Å²) in [6.07, 6.45) is 5.36. The Kier molecular flexibility index (Phi) is 5.03. The smallest absolute Gasteiger partial charge is 0.0600 e. The van der Waals surface area contributed by atoms with Gasteiger partial charge in [-0.2, -0.15) is 0 Å². The van der Waals surface area contributed by atoms with Crippen LogP contribution in [-0.4, -0.2) is 32.5 Å². The number of nitrogens with two attached hydrogens (primary N) is 1. The van der Waals surface area contributed by atoms with Gasteiger partial charge in [-0.15, -0.1) is 0 Å². The summed E-state index contributed by atoms with van der Waals surface area (Å²) in [5.41, 5.74) is 5.77. The van der Waals surface area contributed by atoms with Crippen LogP contribution in [0.1, 0.15) is 39.5 Å². The average molecular weight is 215 g/mol. The van der Waals surface area contributed by atoms with Crippen LogP contribution in [0.4, 0.5) is 0 Å². The first-order valence-electron chi connectivity index (χ1n) is 5.92. The van der Waals surface area contributed by atoms with Crippen molar-refractivity contribution in [3.63, 3.8) is 0 Å². The van der Waals surface area contributed by atoms with E-state index in [1.807, 2.05) is 0 Å². The van der Waals surface area contributed by atoms with Gasteiger partial charge in [-0.25, -0.2) is 0 Å². The lowest BCUT2D eigenvalue weighted by Crippen LogP contribution is -2.34. The van der Waals surface area contributed by atoms with E-state index in [0.29, 0.717) is 18.8 Å². The van der Waals surface area contributed by atoms with Gasteiger partial charge in [0.25, 0.3) is 0 Å². The SMILES string of the molecule is COC1CCCC(OCC(C)(C)CN)C1. The summed E-state index contributed by atoms with van der Waals surface area (Å²) in [5.74, 6) is 0. The number of ether oxygens (including phenoxy) is 2. The van der Waals surface area contributed by atoms with E-state index in [9.17, 15) is 0 Å². The molecule has 0 spiro atoms. The van der Waals surface area contributed by atoms with E-state index in [0.717, 1.165) is 13.0 Å². The molecule has 1 aliphatic rings. The third-order valence-corrected chi connectivity index (χ3v) is 3.17. The molecule has 15 heavy (non-hydrogen) atoms. The molecule has 1 fully saturated rings. The van der Waals surface area contributed by atoms with Gasteiger partial charge < -0.3 is 15.2 Å². The predicted molar refractivity (Wildman–Crippen MR) is 61.8 cm³/mol. The molecule has 90 valence electrons. The zero-order valence-electron chi connectivity index (χ0n) is 10.3. The molecule has 1 rings (SSSR count). The highest BCUT2D eigenvalue weighted by Gasteiger charge is 2.24. The second-order valence-electron chi connectivity index (χ2n) is 5.33.